The number of aliphatic imine (C=N–C) groups is 1. The summed E-state index contributed by atoms with van der Waals surface area (Å²) in [6.07, 6.45) is 5.62. The lowest BCUT2D eigenvalue weighted by Gasteiger charge is -2.21. The molecule has 0 fully saturated rings. The third-order valence-corrected chi connectivity index (χ3v) is 5.46. The summed E-state index contributed by atoms with van der Waals surface area (Å²) in [6.45, 7) is 1.45. The van der Waals surface area contributed by atoms with Crippen molar-refractivity contribution in [3.63, 3.8) is 0 Å². The van der Waals surface area contributed by atoms with E-state index in [-0.39, 0.29) is 0 Å². The third kappa shape index (κ3) is 4.09. The number of fused-ring (bicyclic) bond motifs is 1. The molecule has 4 nitrogen and oxygen atoms in total. The number of hydrogen-bond donors (Lipinski definition) is 3. The van der Waals surface area contributed by atoms with E-state index in [2.05, 4.69) is 39.2 Å². The first kappa shape index (κ1) is 16.8. The van der Waals surface area contributed by atoms with E-state index in [1.165, 1.54) is 28.8 Å². The molecule has 128 valence electrons. The molecule has 1 heterocycles. The Morgan fingerprint density at radius 1 is 1.21 bits per heavy atom. The highest BCUT2D eigenvalue weighted by molar-refractivity contribution is 7.09. The van der Waals surface area contributed by atoms with Crippen molar-refractivity contribution in [2.75, 3.05) is 13.6 Å². The van der Waals surface area contributed by atoms with E-state index in [1.807, 2.05) is 6.07 Å². The molecule has 5 heteroatoms. The number of rotatable bonds is 5. The maximum atomic E-state index is 10.3. The molecule has 0 saturated heterocycles. The highest BCUT2D eigenvalue weighted by Gasteiger charge is 2.16. The number of benzene rings is 1. The van der Waals surface area contributed by atoms with Crippen molar-refractivity contribution in [2.24, 2.45) is 4.99 Å². The summed E-state index contributed by atoms with van der Waals surface area (Å²) in [5, 5.41) is 19.0. The van der Waals surface area contributed by atoms with Crippen LogP contribution in [0, 0.1) is 0 Å². The van der Waals surface area contributed by atoms with Gasteiger partial charge in [-0.25, -0.2) is 0 Å². The number of hydrogen-bond acceptors (Lipinski definition) is 3. The second-order valence-corrected chi connectivity index (χ2v) is 7.12. The van der Waals surface area contributed by atoms with Gasteiger partial charge in [0.2, 0.25) is 0 Å². The standard InChI is InChI=1S/C19H25N3OS/c1-20-19(21-11-10-15-6-4-12-24-15)22-13-17-16-7-3-2-5-14(16)8-9-18(17)23/h4,6,8-9,12,23H,2-3,5,7,10-11,13H2,1H3,(H2,20,21,22). The molecular formula is C19H25N3OS. The number of guanidine groups is 1. The van der Waals surface area contributed by atoms with Gasteiger partial charge in [0, 0.05) is 30.6 Å². The van der Waals surface area contributed by atoms with Crippen LogP contribution in [-0.2, 0) is 25.8 Å². The molecule has 1 aromatic carbocycles. The first-order chi connectivity index (χ1) is 11.8. The predicted octanol–water partition coefficient (Wildman–Crippen LogP) is 3.24. The number of phenols is 1. The highest BCUT2D eigenvalue weighted by Crippen LogP contribution is 2.30. The zero-order valence-corrected chi connectivity index (χ0v) is 15.0. The third-order valence-electron chi connectivity index (χ3n) is 4.53. The zero-order valence-electron chi connectivity index (χ0n) is 14.1. The summed E-state index contributed by atoms with van der Waals surface area (Å²) in [5.74, 6) is 1.16. The second kappa shape index (κ2) is 8.20. The Labute approximate surface area is 147 Å². The SMILES string of the molecule is CN=C(NCCc1cccs1)NCc1c(O)ccc2c1CCCC2. The highest BCUT2D eigenvalue weighted by atomic mass is 32.1. The van der Waals surface area contributed by atoms with Crippen molar-refractivity contribution >= 4 is 17.3 Å². The number of aryl methyl sites for hydroxylation is 1. The fraction of sp³-hybridized carbons (Fsp3) is 0.421. The van der Waals surface area contributed by atoms with Crippen molar-refractivity contribution < 1.29 is 5.11 Å². The van der Waals surface area contributed by atoms with Gasteiger partial charge in [-0.1, -0.05) is 12.1 Å². The molecule has 0 radical (unpaired) electrons. The van der Waals surface area contributed by atoms with Gasteiger partial charge in [0.05, 0.1) is 0 Å². The lowest BCUT2D eigenvalue weighted by Crippen LogP contribution is -2.38. The van der Waals surface area contributed by atoms with Crippen LogP contribution in [0.15, 0.2) is 34.6 Å². The summed E-state index contributed by atoms with van der Waals surface area (Å²) in [4.78, 5) is 5.65. The monoisotopic (exact) mass is 343 g/mol. The van der Waals surface area contributed by atoms with Gasteiger partial charge in [-0.3, -0.25) is 4.99 Å². The minimum absolute atomic E-state index is 0.386. The quantitative estimate of drug-likeness (QED) is 0.577. The molecule has 0 spiro atoms. The van der Waals surface area contributed by atoms with E-state index in [1.54, 1.807) is 18.4 Å². The van der Waals surface area contributed by atoms with Gasteiger partial charge in [-0.2, -0.15) is 0 Å². The Morgan fingerprint density at radius 2 is 2.08 bits per heavy atom. The largest absolute Gasteiger partial charge is 0.508 e. The average molecular weight is 343 g/mol. The van der Waals surface area contributed by atoms with Crippen LogP contribution in [-0.4, -0.2) is 24.7 Å². The molecule has 1 aromatic heterocycles. The van der Waals surface area contributed by atoms with E-state index < -0.39 is 0 Å². The van der Waals surface area contributed by atoms with Gasteiger partial charge in [0.1, 0.15) is 5.75 Å². The number of thiophene rings is 1. The van der Waals surface area contributed by atoms with Crippen LogP contribution in [0.1, 0.15) is 34.4 Å². The summed E-state index contributed by atoms with van der Waals surface area (Å²) in [5.41, 5.74) is 3.73. The predicted molar refractivity (Wildman–Crippen MR) is 101 cm³/mol. The van der Waals surface area contributed by atoms with Gasteiger partial charge in [0.25, 0.3) is 0 Å². The van der Waals surface area contributed by atoms with Gasteiger partial charge < -0.3 is 15.7 Å². The Balaban J connectivity index is 1.57. The van der Waals surface area contributed by atoms with Crippen LogP contribution in [0.25, 0.3) is 0 Å². The molecule has 0 amide bonds. The van der Waals surface area contributed by atoms with Gasteiger partial charge in [0.15, 0.2) is 5.96 Å². The van der Waals surface area contributed by atoms with E-state index in [0.29, 0.717) is 12.3 Å². The molecule has 0 atom stereocenters. The lowest BCUT2D eigenvalue weighted by molar-refractivity contribution is 0.464. The summed E-state index contributed by atoms with van der Waals surface area (Å²) in [7, 11) is 1.78. The molecule has 3 rings (SSSR count). The summed E-state index contributed by atoms with van der Waals surface area (Å²) in [6, 6.07) is 8.13. The molecule has 1 aliphatic carbocycles. The fourth-order valence-electron chi connectivity index (χ4n) is 3.24. The summed E-state index contributed by atoms with van der Waals surface area (Å²) >= 11 is 1.78. The van der Waals surface area contributed by atoms with E-state index in [9.17, 15) is 5.11 Å². The molecule has 24 heavy (non-hydrogen) atoms. The van der Waals surface area contributed by atoms with Crippen LogP contribution in [0.3, 0.4) is 0 Å². The topological polar surface area (TPSA) is 56.7 Å². The lowest BCUT2D eigenvalue weighted by atomic mass is 9.88. The fourth-order valence-corrected chi connectivity index (χ4v) is 3.95. The van der Waals surface area contributed by atoms with Crippen LogP contribution in [0.2, 0.25) is 0 Å². The molecule has 2 aromatic rings. The van der Waals surface area contributed by atoms with Crippen molar-refractivity contribution in [1.82, 2.24) is 10.6 Å². The molecule has 0 bridgehead atoms. The molecule has 0 aliphatic heterocycles. The van der Waals surface area contributed by atoms with E-state index >= 15 is 0 Å². The maximum absolute atomic E-state index is 10.3. The van der Waals surface area contributed by atoms with Gasteiger partial charge in [-0.15, -0.1) is 11.3 Å². The van der Waals surface area contributed by atoms with E-state index in [0.717, 1.165) is 37.3 Å². The van der Waals surface area contributed by atoms with Gasteiger partial charge >= 0.3 is 0 Å². The number of nitrogens with zero attached hydrogens (tertiary/aromatic N) is 1. The van der Waals surface area contributed by atoms with Crippen molar-refractivity contribution in [3.8, 4) is 5.75 Å². The Bertz CT molecular complexity index is 695. The maximum Gasteiger partial charge on any atom is 0.191 e. The molecule has 0 saturated carbocycles. The van der Waals surface area contributed by atoms with Gasteiger partial charge in [-0.05, 0) is 60.7 Å². The minimum atomic E-state index is 0.386. The van der Waals surface area contributed by atoms with Crippen molar-refractivity contribution in [1.29, 1.82) is 0 Å². The van der Waals surface area contributed by atoms with Crippen molar-refractivity contribution in [3.05, 3.63) is 51.2 Å². The van der Waals surface area contributed by atoms with E-state index in [4.69, 9.17) is 0 Å². The van der Waals surface area contributed by atoms with Crippen LogP contribution in [0.4, 0.5) is 0 Å². The number of nitrogens with one attached hydrogen (secondary N) is 2. The average Bonchev–Trinajstić information content (AvgIpc) is 3.12. The van der Waals surface area contributed by atoms with Crippen LogP contribution >= 0.6 is 11.3 Å². The minimum Gasteiger partial charge on any atom is -0.508 e. The Kier molecular flexibility index (Phi) is 5.75. The second-order valence-electron chi connectivity index (χ2n) is 6.09. The Hall–Kier alpha value is -2.01. The van der Waals surface area contributed by atoms with Crippen LogP contribution < -0.4 is 10.6 Å². The molecular weight excluding hydrogens is 318 g/mol. The molecule has 3 N–H and O–H groups in total. The number of phenolic OH excluding ortho intramolecular Hbond substituents is 1. The molecule has 1 aliphatic rings. The smallest absolute Gasteiger partial charge is 0.191 e. The zero-order chi connectivity index (χ0) is 16.8. The normalized spacial score (nSPS) is 14.3. The first-order valence-corrected chi connectivity index (χ1v) is 9.45. The first-order valence-electron chi connectivity index (χ1n) is 8.57. The number of aromatic hydroxyl groups is 1. The molecule has 0 unspecified atom stereocenters. The summed E-state index contributed by atoms with van der Waals surface area (Å²) < 4.78 is 0. The van der Waals surface area contributed by atoms with Crippen molar-refractivity contribution in [2.45, 2.75) is 38.6 Å². The van der Waals surface area contributed by atoms with Crippen LogP contribution in [0.5, 0.6) is 5.75 Å². The Morgan fingerprint density at radius 3 is 2.88 bits per heavy atom.